The van der Waals surface area contributed by atoms with Crippen LogP contribution < -0.4 is 5.32 Å². The van der Waals surface area contributed by atoms with Crippen LogP contribution in [0, 0.1) is 0 Å². The maximum Gasteiger partial charge on any atom is 0.305 e. The zero-order valence-corrected chi connectivity index (χ0v) is 13.8. The molecule has 21 heavy (non-hydrogen) atoms. The Kier molecular flexibility index (Phi) is 5.27. The number of nitrogens with one attached hydrogen (secondary N) is 1. The standard InChI is InChI=1S/C15H17BrClNO3/c16-12-4-3-11(17)8-10(12)2-5-13(19)18-15(6-1-7-15)9-14(20)21/h3-4,8H,1-2,5-7,9H2,(H,18,19)(H,20,21). The Morgan fingerprint density at radius 3 is 2.67 bits per heavy atom. The molecular formula is C15H17BrClNO3. The third-order valence-electron chi connectivity index (χ3n) is 3.83. The van der Waals surface area contributed by atoms with E-state index < -0.39 is 11.5 Å². The second-order valence-corrected chi connectivity index (χ2v) is 6.78. The van der Waals surface area contributed by atoms with Crippen LogP contribution in [0.5, 0.6) is 0 Å². The van der Waals surface area contributed by atoms with Crippen molar-refractivity contribution in [3.63, 3.8) is 0 Å². The number of aryl methyl sites for hydroxylation is 1. The van der Waals surface area contributed by atoms with Gasteiger partial charge in [-0.15, -0.1) is 0 Å². The molecule has 2 rings (SSSR count). The molecule has 1 aliphatic carbocycles. The van der Waals surface area contributed by atoms with Crippen molar-refractivity contribution in [2.45, 2.75) is 44.1 Å². The highest BCUT2D eigenvalue weighted by Crippen LogP contribution is 2.35. The summed E-state index contributed by atoms with van der Waals surface area (Å²) >= 11 is 9.37. The highest BCUT2D eigenvalue weighted by Gasteiger charge is 2.40. The first-order valence-electron chi connectivity index (χ1n) is 6.87. The van der Waals surface area contributed by atoms with Crippen molar-refractivity contribution in [2.24, 2.45) is 0 Å². The molecule has 1 aliphatic rings. The topological polar surface area (TPSA) is 66.4 Å². The van der Waals surface area contributed by atoms with Crippen molar-refractivity contribution in [3.8, 4) is 0 Å². The molecule has 1 aromatic rings. The number of hydrogen-bond acceptors (Lipinski definition) is 2. The number of halogens is 2. The number of hydrogen-bond donors (Lipinski definition) is 2. The zero-order chi connectivity index (χ0) is 15.5. The van der Waals surface area contributed by atoms with Crippen molar-refractivity contribution in [3.05, 3.63) is 33.3 Å². The van der Waals surface area contributed by atoms with Crippen LogP contribution in [-0.4, -0.2) is 22.5 Å². The minimum absolute atomic E-state index is 0.000397. The summed E-state index contributed by atoms with van der Waals surface area (Å²) < 4.78 is 0.920. The molecular weight excluding hydrogens is 358 g/mol. The molecule has 6 heteroatoms. The summed E-state index contributed by atoms with van der Waals surface area (Å²) in [6, 6.07) is 5.47. The van der Waals surface area contributed by atoms with E-state index in [-0.39, 0.29) is 12.3 Å². The first-order chi connectivity index (χ1) is 9.90. The summed E-state index contributed by atoms with van der Waals surface area (Å²) in [5.74, 6) is -0.976. The fourth-order valence-electron chi connectivity index (χ4n) is 2.58. The van der Waals surface area contributed by atoms with Gasteiger partial charge in [0.2, 0.25) is 5.91 Å². The van der Waals surface area contributed by atoms with Gasteiger partial charge in [-0.05, 0) is 49.4 Å². The molecule has 0 unspecified atom stereocenters. The predicted molar refractivity (Wildman–Crippen MR) is 84.5 cm³/mol. The molecule has 0 bridgehead atoms. The van der Waals surface area contributed by atoms with Crippen molar-refractivity contribution >= 4 is 39.4 Å². The van der Waals surface area contributed by atoms with Crippen LogP contribution in [0.3, 0.4) is 0 Å². The lowest BCUT2D eigenvalue weighted by atomic mass is 9.74. The number of rotatable bonds is 6. The largest absolute Gasteiger partial charge is 0.481 e. The molecule has 0 spiro atoms. The lowest BCUT2D eigenvalue weighted by Crippen LogP contribution is -2.54. The Morgan fingerprint density at radius 2 is 2.10 bits per heavy atom. The number of aliphatic carboxylic acids is 1. The molecule has 1 amide bonds. The highest BCUT2D eigenvalue weighted by atomic mass is 79.9. The second-order valence-electron chi connectivity index (χ2n) is 5.49. The lowest BCUT2D eigenvalue weighted by Gasteiger charge is -2.41. The molecule has 0 aliphatic heterocycles. The summed E-state index contributed by atoms with van der Waals surface area (Å²) in [6.45, 7) is 0. The fourth-order valence-corrected chi connectivity index (χ4v) is 3.22. The fraction of sp³-hybridized carbons (Fsp3) is 0.467. The molecule has 1 fully saturated rings. The van der Waals surface area contributed by atoms with Gasteiger partial charge in [0.25, 0.3) is 0 Å². The van der Waals surface area contributed by atoms with Gasteiger partial charge in [-0.2, -0.15) is 0 Å². The van der Waals surface area contributed by atoms with Crippen LogP contribution in [0.15, 0.2) is 22.7 Å². The van der Waals surface area contributed by atoms with Crippen LogP contribution in [0.25, 0.3) is 0 Å². The van der Waals surface area contributed by atoms with Crippen molar-refractivity contribution in [2.75, 3.05) is 0 Å². The highest BCUT2D eigenvalue weighted by molar-refractivity contribution is 9.10. The Hall–Kier alpha value is -1.07. The number of benzene rings is 1. The van der Waals surface area contributed by atoms with E-state index in [0.29, 0.717) is 17.9 Å². The first-order valence-corrected chi connectivity index (χ1v) is 8.04. The third-order valence-corrected chi connectivity index (χ3v) is 4.84. The Labute approximate surface area is 137 Å². The number of carbonyl (C=O) groups excluding carboxylic acids is 1. The van der Waals surface area contributed by atoms with Gasteiger partial charge in [-0.3, -0.25) is 9.59 Å². The second kappa shape index (κ2) is 6.79. The van der Waals surface area contributed by atoms with E-state index in [1.807, 2.05) is 12.1 Å². The average Bonchev–Trinajstić information content (AvgIpc) is 2.36. The quantitative estimate of drug-likeness (QED) is 0.800. The van der Waals surface area contributed by atoms with Gasteiger partial charge in [0.05, 0.1) is 12.0 Å². The Morgan fingerprint density at radius 1 is 1.38 bits per heavy atom. The molecule has 0 aromatic heterocycles. The number of carboxylic acids is 1. The molecule has 0 atom stereocenters. The molecule has 1 saturated carbocycles. The maximum absolute atomic E-state index is 12.1. The van der Waals surface area contributed by atoms with E-state index in [4.69, 9.17) is 16.7 Å². The summed E-state index contributed by atoms with van der Waals surface area (Å²) in [5.41, 5.74) is 0.438. The van der Waals surface area contributed by atoms with Gasteiger partial charge in [0, 0.05) is 15.9 Å². The molecule has 2 N–H and O–H groups in total. The van der Waals surface area contributed by atoms with Crippen LogP contribution in [0.2, 0.25) is 5.02 Å². The summed E-state index contributed by atoms with van der Waals surface area (Å²) in [6.07, 6.45) is 3.33. The minimum Gasteiger partial charge on any atom is -0.481 e. The van der Waals surface area contributed by atoms with Gasteiger partial charge < -0.3 is 10.4 Å². The van der Waals surface area contributed by atoms with Crippen molar-refractivity contribution in [1.29, 1.82) is 0 Å². The smallest absolute Gasteiger partial charge is 0.305 e. The van der Waals surface area contributed by atoms with E-state index in [1.165, 1.54) is 0 Å². The van der Waals surface area contributed by atoms with Crippen LogP contribution >= 0.6 is 27.5 Å². The predicted octanol–water partition coefficient (Wildman–Crippen LogP) is 3.55. The van der Waals surface area contributed by atoms with Gasteiger partial charge in [0.15, 0.2) is 0 Å². The number of carbonyl (C=O) groups is 2. The molecule has 0 saturated heterocycles. The monoisotopic (exact) mass is 373 g/mol. The maximum atomic E-state index is 12.1. The SMILES string of the molecule is O=C(O)CC1(NC(=O)CCc2cc(Cl)ccc2Br)CCC1. The minimum atomic E-state index is -0.868. The normalized spacial score (nSPS) is 16.1. The summed E-state index contributed by atoms with van der Waals surface area (Å²) in [4.78, 5) is 22.9. The van der Waals surface area contributed by atoms with E-state index in [9.17, 15) is 9.59 Å². The van der Waals surface area contributed by atoms with Gasteiger partial charge >= 0.3 is 5.97 Å². The van der Waals surface area contributed by atoms with Crippen LogP contribution in [0.4, 0.5) is 0 Å². The third kappa shape index (κ3) is 4.45. The van der Waals surface area contributed by atoms with Crippen molar-refractivity contribution in [1.82, 2.24) is 5.32 Å². The van der Waals surface area contributed by atoms with Crippen LogP contribution in [0.1, 0.15) is 37.7 Å². The van der Waals surface area contributed by atoms with Gasteiger partial charge in [-0.25, -0.2) is 0 Å². The Bertz CT molecular complexity index is 558. The molecule has 0 radical (unpaired) electrons. The molecule has 114 valence electrons. The number of amides is 1. The van der Waals surface area contributed by atoms with E-state index in [2.05, 4.69) is 21.2 Å². The van der Waals surface area contributed by atoms with Gasteiger partial charge in [0.1, 0.15) is 0 Å². The lowest BCUT2D eigenvalue weighted by molar-refractivity contribution is -0.140. The van der Waals surface area contributed by atoms with Gasteiger partial charge in [-0.1, -0.05) is 27.5 Å². The summed E-state index contributed by atoms with van der Waals surface area (Å²) in [7, 11) is 0. The first kappa shape index (κ1) is 16.3. The van der Waals surface area contributed by atoms with E-state index >= 15 is 0 Å². The van der Waals surface area contributed by atoms with Crippen LogP contribution in [-0.2, 0) is 16.0 Å². The van der Waals surface area contributed by atoms with E-state index in [0.717, 1.165) is 29.3 Å². The Balaban J connectivity index is 1.90. The molecule has 4 nitrogen and oxygen atoms in total. The average molecular weight is 375 g/mol. The van der Waals surface area contributed by atoms with Crippen molar-refractivity contribution < 1.29 is 14.7 Å². The zero-order valence-electron chi connectivity index (χ0n) is 11.5. The van der Waals surface area contributed by atoms with E-state index in [1.54, 1.807) is 6.07 Å². The molecule has 0 heterocycles. The molecule has 1 aromatic carbocycles. The number of carboxylic acid groups (broad SMARTS) is 1. The summed E-state index contributed by atoms with van der Waals surface area (Å²) in [5, 5.41) is 12.5.